The molecule has 1 unspecified atom stereocenters. The molecule has 11 heavy (non-hydrogen) atoms. The van der Waals surface area contributed by atoms with Crippen molar-refractivity contribution in [2.75, 3.05) is 6.61 Å². The van der Waals surface area contributed by atoms with Crippen molar-refractivity contribution in [3.63, 3.8) is 0 Å². The molecule has 1 aromatic carbocycles. The van der Waals surface area contributed by atoms with Gasteiger partial charge in [-0.2, -0.15) is 0 Å². The molecule has 0 radical (unpaired) electrons. The Balaban J connectivity index is 2.45. The largest absolute Gasteiger partial charge is 0.368 e. The summed E-state index contributed by atoms with van der Waals surface area (Å²) in [5, 5.41) is 1.22. The lowest BCUT2D eigenvalue weighted by atomic mass is 10.2. The SMILES string of the molecule is Clc1cccc(C2CO2)c1Cl. The monoisotopic (exact) mass is 188 g/mol. The number of hydrogen-bond donors (Lipinski definition) is 0. The van der Waals surface area contributed by atoms with E-state index in [1.165, 1.54) is 0 Å². The van der Waals surface area contributed by atoms with Crippen LogP contribution in [0.25, 0.3) is 0 Å². The van der Waals surface area contributed by atoms with Crippen molar-refractivity contribution < 1.29 is 4.74 Å². The predicted molar refractivity (Wildman–Crippen MR) is 45.2 cm³/mol. The van der Waals surface area contributed by atoms with Gasteiger partial charge in [0.2, 0.25) is 0 Å². The van der Waals surface area contributed by atoms with Gasteiger partial charge in [0, 0.05) is 5.56 Å². The summed E-state index contributed by atoms with van der Waals surface area (Å²) >= 11 is 11.7. The van der Waals surface area contributed by atoms with E-state index in [9.17, 15) is 0 Å². The van der Waals surface area contributed by atoms with Crippen molar-refractivity contribution in [2.24, 2.45) is 0 Å². The fourth-order valence-electron chi connectivity index (χ4n) is 0.997. The van der Waals surface area contributed by atoms with E-state index in [1.807, 2.05) is 12.1 Å². The first-order valence-corrected chi connectivity index (χ1v) is 4.10. The molecule has 58 valence electrons. The summed E-state index contributed by atoms with van der Waals surface area (Å²) in [5.41, 5.74) is 0.999. The van der Waals surface area contributed by atoms with Crippen molar-refractivity contribution in [3.8, 4) is 0 Å². The highest BCUT2D eigenvalue weighted by molar-refractivity contribution is 6.42. The van der Waals surface area contributed by atoms with E-state index in [4.69, 9.17) is 27.9 Å². The molecule has 2 rings (SSSR count). The van der Waals surface area contributed by atoms with Gasteiger partial charge in [0.15, 0.2) is 0 Å². The van der Waals surface area contributed by atoms with Gasteiger partial charge in [0.25, 0.3) is 0 Å². The Morgan fingerprint density at radius 2 is 2.09 bits per heavy atom. The van der Waals surface area contributed by atoms with Crippen LogP contribution in [0.4, 0.5) is 0 Å². The molecule has 1 heterocycles. The Kier molecular flexibility index (Phi) is 1.80. The topological polar surface area (TPSA) is 12.5 Å². The van der Waals surface area contributed by atoms with E-state index < -0.39 is 0 Å². The summed E-state index contributed by atoms with van der Waals surface area (Å²) in [6.07, 6.45) is 0.182. The fraction of sp³-hybridized carbons (Fsp3) is 0.250. The maximum atomic E-state index is 5.92. The fourth-order valence-corrected chi connectivity index (χ4v) is 1.43. The van der Waals surface area contributed by atoms with Crippen LogP contribution in [-0.4, -0.2) is 6.61 Å². The average molecular weight is 189 g/mol. The molecule has 1 nitrogen and oxygen atoms in total. The van der Waals surface area contributed by atoms with Crippen molar-refractivity contribution in [1.82, 2.24) is 0 Å². The minimum Gasteiger partial charge on any atom is -0.368 e. The Morgan fingerprint density at radius 3 is 2.73 bits per heavy atom. The summed E-state index contributed by atoms with van der Waals surface area (Å²) in [5.74, 6) is 0. The second kappa shape index (κ2) is 2.67. The molecule has 0 aromatic heterocycles. The molecule has 1 aromatic rings. The highest BCUT2D eigenvalue weighted by Gasteiger charge is 2.27. The molecule has 1 atom stereocenters. The minimum atomic E-state index is 0.182. The van der Waals surface area contributed by atoms with Crippen LogP contribution in [0, 0.1) is 0 Å². The number of ether oxygens (including phenoxy) is 1. The first-order valence-electron chi connectivity index (χ1n) is 3.34. The smallest absolute Gasteiger partial charge is 0.107 e. The molecule has 0 N–H and O–H groups in total. The molecule has 1 aliphatic rings. The summed E-state index contributed by atoms with van der Waals surface area (Å²) in [6, 6.07) is 5.59. The second-order valence-electron chi connectivity index (χ2n) is 2.47. The number of halogens is 2. The number of epoxide rings is 1. The minimum absolute atomic E-state index is 0.182. The van der Waals surface area contributed by atoms with Gasteiger partial charge in [-0.25, -0.2) is 0 Å². The molecule has 3 heteroatoms. The van der Waals surface area contributed by atoms with Crippen LogP contribution in [0.3, 0.4) is 0 Å². The first-order chi connectivity index (χ1) is 5.29. The van der Waals surface area contributed by atoms with Gasteiger partial charge < -0.3 is 4.74 Å². The zero-order valence-corrected chi connectivity index (χ0v) is 7.19. The molecule has 0 aliphatic carbocycles. The van der Waals surface area contributed by atoms with E-state index in [1.54, 1.807) is 6.07 Å². The highest BCUT2D eigenvalue weighted by atomic mass is 35.5. The molecule has 1 saturated heterocycles. The molecule has 0 spiro atoms. The van der Waals surface area contributed by atoms with Crippen LogP contribution in [0.5, 0.6) is 0 Å². The zero-order valence-electron chi connectivity index (χ0n) is 5.68. The predicted octanol–water partition coefficient (Wildman–Crippen LogP) is 3.06. The van der Waals surface area contributed by atoms with E-state index in [0.29, 0.717) is 10.0 Å². The van der Waals surface area contributed by atoms with Gasteiger partial charge in [-0.1, -0.05) is 35.3 Å². The Labute approximate surface area is 74.9 Å². The third-order valence-electron chi connectivity index (χ3n) is 1.66. The molecule has 0 saturated carbocycles. The summed E-state index contributed by atoms with van der Waals surface area (Å²) < 4.78 is 5.09. The maximum Gasteiger partial charge on any atom is 0.107 e. The van der Waals surface area contributed by atoms with Gasteiger partial charge in [0.1, 0.15) is 6.10 Å². The standard InChI is InChI=1S/C8H6Cl2O/c9-6-3-1-2-5(8(6)10)7-4-11-7/h1-3,7H,4H2. The van der Waals surface area contributed by atoms with Gasteiger partial charge in [-0.3, -0.25) is 0 Å². The quantitative estimate of drug-likeness (QED) is 0.618. The number of benzene rings is 1. The molecule has 0 bridgehead atoms. The van der Waals surface area contributed by atoms with Crippen molar-refractivity contribution >= 4 is 23.2 Å². The molecular weight excluding hydrogens is 183 g/mol. The lowest BCUT2D eigenvalue weighted by Gasteiger charge is -2.00. The van der Waals surface area contributed by atoms with Crippen LogP contribution >= 0.6 is 23.2 Å². The Morgan fingerprint density at radius 1 is 1.36 bits per heavy atom. The Bertz CT molecular complexity index is 281. The van der Waals surface area contributed by atoms with Crippen molar-refractivity contribution in [2.45, 2.75) is 6.10 Å². The second-order valence-corrected chi connectivity index (χ2v) is 3.25. The molecule has 1 fully saturated rings. The molecular formula is C8H6Cl2O. The Hall–Kier alpha value is -0.240. The van der Waals surface area contributed by atoms with Gasteiger partial charge in [0.05, 0.1) is 16.7 Å². The molecule has 0 amide bonds. The number of rotatable bonds is 1. The normalized spacial score (nSPS) is 21.8. The summed E-state index contributed by atoms with van der Waals surface area (Å²) in [4.78, 5) is 0. The summed E-state index contributed by atoms with van der Waals surface area (Å²) in [6.45, 7) is 0.764. The van der Waals surface area contributed by atoms with Gasteiger partial charge in [-0.05, 0) is 6.07 Å². The van der Waals surface area contributed by atoms with Crippen molar-refractivity contribution in [1.29, 1.82) is 0 Å². The van der Waals surface area contributed by atoms with Gasteiger partial charge >= 0.3 is 0 Å². The lowest BCUT2D eigenvalue weighted by Crippen LogP contribution is -1.82. The molecule has 1 aliphatic heterocycles. The van der Waals surface area contributed by atoms with Gasteiger partial charge in [-0.15, -0.1) is 0 Å². The summed E-state index contributed by atoms with van der Waals surface area (Å²) in [7, 11) is 0. The highest BCUT2D eigenvalue weighted by Crippen LogP contribution is 2.37. The number of hydrogen-bond acceptors (Lipinski definition) is 1. The van der Waals surface area contributed by atoms with Crippen LogP contribution in [0.2, 0.25) is 10.0 Å². The van der Waals surface area contributed by atoms with Crippen LogP contribution in [0.1, 0.15) is 11.7 Å². The van der Waals surface area contributed by atoms with Crippen LogP contribution < -0.4 is 0 Å². The van der Waals surface area contributed by atoms with E-state index >= 15 is 0 Å². The van der Waals surface area contributed by atoms with E-state index in [0.717, 1.165) is 12.2 Å². The third-order valence-corrected chi connectivity index (χ3v) is 2.50. The van der Waals surface area contributed by atoms with E-state index in [-0.39, 0.29) is 6.10 Å². The first kappa shape index (κ1) is 7.41. The third kappa shape index (κ3) is 1.36. The van der Waals surface area contributed by atoms with E-state index in [2.05, 4.69) is 0 Å². The average Bonchev–Trinajstić information content (AvgIpc) is 2.77. The van der Waals surface area contributed by atoms with Crippen LogP contribution in [0.15, 0.2) is 18.2 Å². The van der Waals surface area contributed by atoms with Crippen molar-refractivity contribution in [3.05, 3.63) is 33.8 Å². The van der Waals surface area contributed by atoms with Crippen LogP contribution in [-0.2, 0) is 4.74 Å². The maximum absolute atomic E-state index is 5.92. The lowest BCUT2D eigenvalue weighted by molar-refractivity contribution is 0.416. The zero-order chi connectivity index (χ0) is 7.84.